The van der Waals surface area contributed by atoms with Crippen molar-refractivity contribution in [3.05, 3.63) is 29.8 Å². The lowest BCUT2D eigenvalue weighted by Crippen LogP contribution is -2.44. The molecule has 7 heteroatoms. The van der Waals surface area contributed by atoms with E-state index in [0.717, 1.165) is 5.56 Å². The topological polar surface area (TPSA) is 115 Å². The van der Waals surface area contributed by atoms with Gasteiger partial charge in [-0.15, -0.1) is 0 Å². The molecule has 0 fully saturated rings. The molecule has 0 radical (unpaired) electrons. The second-order valence-corrected chi connectivity index (χ2v) is 6.56. The largest absolute Gasteiger partial charge is 0.354 e. The number of nitrogens with one attached hydrogen (secondary N) is 1. The van der Waals surface area contributed by atoms with Gasteiger partial charge in [-0.3, -0.25) is 4.79 Å². The molecule has 0 aliphatic carbocycles. The van der Waals surface area contributed by atoms with Crippen LogP contribution in [0.3, 0.4) is 0 Å². The minimum Gasteiger partial charge on any atom is -0.354 e. The summed E-state index contributed by atoms with van der Waals surface area (Å²) in [5.41, 5.74) is 6.63. The van der Waals surface area contributed by atoms with Gasteiger partial charge in [0.1, 0.15) is 0 Å². The Bertz CT molecular complexity index is 553. The van der Waals surface area contributed by atoms with Crippen LogP contribution in [0, 0.1) is 5.92 Å². The van der Waals surface area contributed by atoms with Crippen molar-refractivity contribution in [2.75, 3.05) is 6.54 Å². The fourth-order valence-corrected chi connectivity index (χ4v) is 2.11. The van der Waals surface area contributed by atoms with Gasteiger partial charge >= 0.3 is 0 Å². The summed E-state index contributed by atoms with van der Waals surface area (Å²) in [6.45, 7) is 4.22. The summed E-state index contributed by atoms with van der Waals surface area (Å²) in [6.07, 6.45) is 0.599. The van der Waals surface area contributed by atoms with Gasteiger partial charge in [-0.1, -0.05) is 26.0 Å². The lowest BCUT2D eigenvalue weighted by Gasteiger charge is -2.15. The highest BCUT2D eigenvalue weighted by Gasteiger charge is 2.16. The predicted octanol–water partition coefficient (Wildman–Crippen LogP) is -0.0240. The lowest BCUT2D eigenvalue weighted by molar-refractivity contribution is -0.123. The fraction of sp³-hybridized carbons (Fsp3) is 0.462. The van der Waals surface area contributed by atoms with Gasteiger partial charge < -0.3 is 11.1 Å². The minimum absolute atomic E-state index is 0.0760. The zero-order valence-corrected chi connectivity index (χ0v) is 12.5. The van der Waals surface area contributed by atoms with E-state index in [-0.39, 0.29) is 16.7 Å². The Morgan fingerprint density at radius 2 is 1.80 bits per heavy atom. The molecule has 6 nitrogen and oxygen atoms in total. The predicted molar refractivity (Wildman–Crippen MR) is 77.3 cm³/mol. The number of carbonyl (C=O) groups is 1. The van der Waals surface area contributed by atoms with Crippen molar-refractivity contribution in [1.82, 2.24) is 5.32 Å². The number of benzene rings is 1. The summed E-state index contributed by atoms with van der Waals surface area (Å²) in [6, 6.07) is 5.74. The molecule has 0 saturated heterocycles. The molecule has 1 rings (SSSR count). The summed E-state index contributed by atoms with van der Waals surface area (Å²) in [5, 5.41) is 7.76. The molecule has 0 unspecified atom stereocenters. The third-order valence-electron chi connectivity index (χ3n) is 2.99. The number of sulfonamides is 1. The van der Waals surface area contributed by atoms with Gasteiger partial charge in [-0.05, 0) is 30.0 Å². The molecule has 0 saturated carbocycles. The summed E-state index contributed by atoms with van der Waals surface area (Å²) in [7, 11) is -3.66. The van der Waals surface area contributed by atoms with Crippen LogP contribution < -0.4 is 16.2 Å². The first kappa shape index (κ1) is 16.6. The Morgan fingerprint density at radius 3 is 2.25 bits per heavy atom. The molecule has 0 spiro atoms. The van der Waals surface area contributed by atoms with Crippen LogP contribution in [0.1, 0.15) is 19.4 Å². The highest BCUT2D eigenvalue weighted by molar-refractivity contribution is 7.89. The molecule has 0 aliphatic rings. The standard InChI is InChI=1S/C13H21N3O3S/c1-9(2)12(14)13(17)16-8-7-10-3-5-11(6-4-10)20(15,18)19/h3-6,9,12H,7-8,14H2,1-2H3,(H,16,17)(H2,15,18,19)/t12-/m0/s1. The number of nitrogens with two attached hydrogens (primary N) is 2. The first-order valence-electron chi connectivity index (χ1n) is 6.37. The molecule has 112 valence electrons. The second-order valence-electron chi connectivity index (χ2n) is 5.00. The maximum atomic E-state index is 11.6. The van der Waals surface area contributed by atoms with E-state index >= 15 is 0 Å². The van der Waals surface area contributed by atoms with Crippen LogP contribution in [0.25, 0.3) is 0 Å². The third-order valence-corrected chi connectivity index (χ3v) is 3.92. The maximum absolute atomic E-state index is 11.6. The van der Waals surface area contributed by atoms with Gasteiger partial charge in [0.25, 0.3) is 0 Å². The first-order chi connectivity index (χ1) is 9.21. The molecule has 0 bridgehead atoms. The monoisotopic (exact) mass is 299 g/mol. The number of carbonyl (C=O) groups excluding carboxylic acids is 1. The maximum Gasteiger partial charge on any atom is 0.238 e. The van der Waals surface area contributed by atoms with E-state index in [0.29, 0.717) is 13.0 Å². The average Bonchev–Trinajstić information content (AvgIpc) is 2.37. The van der Waals surface area contributed by atoms with Gasteiger partial charge in [0.2, 0.25) is 15.9 Å². The van der Waals surface area contributed by atoms with Crippen LogP contribution in [-0.4, -0.2) is 26.9 Å². The van der Waals surface area contributed by atoms with Crippen molar-refractivity contribution < 1.29 is 13.2 Å². The second kappa shape index (κ2) is 6.83. The summed E-state index contributed by atoms with van der Waals surface area (Å²) < 4.78 is 22.2. The SMILES string of the molecule is CC(C)[C@H](N)C(=O)NCCc1ccc(S(N)(=O)=O)cc1. The molecular weight excluding hydrogens is 278 g/mol. The molecule has 0 aromatic heterocycles. The van der Waals surface area contributed by atoms with E-state index in [9.17, 15) is 13.2 Å². The average molecular weight is 299 g/mol. The van der Waals surface area contributed by atoms with Crippen LogP contribution in [-0.2, 0) is 21.2 Å². The Hall–Kier alpha value is -1.44. The minimum atomic E-state index is -3.66. The zero-order valence-electron chi connectivity index (χ0n) is 11.7. The van der Waals surface area contributed by atoms with Gasteiger partial charge in [0, 0.05) is 6.54 Å². The third kappa shape index (κ3) is 4.92. The molecule has 20 heavy (non-hydrogen) atoms. The molecule has 0 heterocycles. The number of rotatable bonds is 6. The highest BCUT2D eigenvalue weighted by Crippen LogP contribution is 2.09. The molecule has 1 amide bonds. The van der Waals surface area contributed by atoms with Gasteiger partial charge in [-0.2, -0.15) is 0 Å². The van der Waals surface area contributed by atoms with Crippen molar-refractivity contribution in [2.24, 2.45) is 16.8 Å². The summed E-state index contributed by atoms with van der Waals surface area (Å²) in [4.78, 5) is 11.7. The van der Waals surface area contributed by atoms with Crippen molar-refractivity contribution in [2.45, 2.75) is 31.2 Å². The number of primary sulfonamides is 1. The van der Waals surface area contributed by atoms with E-state index < -0.39 is 16.1 Å². The van der Waals surface area contributed by atoms with Crippen LogP contribution in [0.2, 0.25) is 0 Å². The van der Waals surface area contributed by atoms with Crippen molar-refractivity contribution in [3.63, 3.8) is 0 Å². The van der Waals surface area contributed by atoms with Crippen molar-refractivity contribution >= 4 is 15.9 Å². The smallest absolute Gasteiger partial charge is 0.238 e. The Labute approximate surface area is 119 Å². The van der Waals surface area contributed by atoms with Gasteiger partial charge in [0.15, 0.2) is 0 Å². The van der Waals surface area contributed by atoms with E-state index in [4.69, 9.17) is 10.9 Å². The van der Waals surface area contributed by atoms with Crippen LogP contribution in [0.4, 0.5) is 0 Å². The fourth-order valence-electron chi connectivity index (χ4n) is 1.60. The molecule has 1 aromatic rings. The molecule has 1 aromatic carbocycles. The Kier molecular flexibility index (Phi) is 5.67. The normalized spacial score (nSPS) is 13.2. The van der Waals surface area contributed by atoms with Crippen molar-refractivity contribution in [3.8, 4) is 0 Å². The van der Waals surface area contributed by atoms with Crippen LogP contribution >= 0.6 is 0 Å². The number of hydrogen-bond donors (Lipinski definition) is 3. The molecule has 5 N–H and O–H groups in total. The van der Waals surface area contributed by atoms with E-state index in [2.05, 4.69) is 5.32 Å². The Balaban J connectivity index is 2.49. The van der Waals surface area contributed by atoms with E-state index in [1.165, 1.54) is 12.1 Å². The molecular formula is C13H21N3O3S. The zero-order chi connectivity index (χ0) is 15.3. The van der Waals surface area contributed by atoms with Crippen molar-refractivity contribution in [1.29, 1.82) is 0 Å². The summed E-state index contributed by atoms with van der Waals surface area (Å²) >= 11 is 0. The Morgan fingerprint density at radius 1 is 1.25 bits per heavy atom. The number of amides is 1. The van der Waals surface area contributed by atoms with Crippen LogP contribution in [0.5, 0.6) is 0 Å². The quantitative estimate of drug-likeness (QED) is 0.684. The number of hydrogen-bond acceptors (Lipinski definition) is 4. The first-order valence-corrected chi connectivity index (χ1v) is 7.91. The molecule has 0 aliphatic heterocycles. The lowest BCUT2D eigenvalue weighted by atomic mass is 10.0. The highest BCUT2D eigenvalue weighted by atomic mass is 32.2. The van der Waals surface area contributed by atoms with Crippen LogP contribution in [0.15, 0.2) is 29.2 Å². The molecule has 1 atom stereocenters. The van der Waals surface area contributed by atoms with E-state index in [1.807, 2.05) is 13.8 Å². The van der Waals surface area contributed by atoms with Gasteiger partial charge in [0.05, 0.1) is 10.9 Å². The van der Waals surface area contributed by atoms with Gasteiger partial charge in [-0.25, -0.2) is 13.6 Å². The summed E-state index contributed by atoms with van der Waals surface area (Å²) in [5.74, 6) is -0.0924. The van der Waals surface area contributed by atoms with E-state index in [1.54, 1.807) is 12.1 Å².